The van der Waals surface area contributed by atoms with E-state index in [1.54, 1.807) is 18.2 Å². The van der Waals surface area contributed by atoms with Crippen molar-refractivity contribution in [2.75, 3.05) is 13.7 Å². The number of nitrogens with one attached hydrogen (secondary N) is 1. The molecule has 29 heavy (non-hydrogen) atoms. The average Bonchev–Trinajstić information content (AvgIpc) is 3.08. The fourth-order valence-corrected chi connectivity index (χ4v) is 5.30. The molecule has 2 aromatic carbocycles. The Bertz CT molecular complexity index is 1000. The Morgan fingerprint density at radius 2 is 1.97 bits per heavy atom. The number of hydrogen-bond acceptors (Lipinski definition) is 4. The van der Waals surface area contributed by atoms with Gasteiger partial charge in [-0.25, -0.2) is 17.2 Å². The van der Waals surface area contributed by atoms with Gasteiger partial charge in [0, 0.05) is 24.0 Å². The summed E-state index contributed by atoms with van der Waals surface area (Å²) >= 11 is 3.35. The molecule has 0 aromatic heterocycles. The van der Waals surface area contributed by atoms with Crippen molar-refractivity contribution in [3.05, 3.63) is 58.3 Å². The van der Waals surface area contributed by atoms with E-state index in [-0.39, 0.29) is 17.9 Å². The highest BCUT2D eigenvalue weighted by atomic mass is 79.9. The Morgan fingerprint density at radius 1 is 1.28 bits per heavy atom. The second-order valence-corrected chi connectivity index (χ2v) is 9.40. The summed E-state index contributed by atoms with van der Waals surface area (Å²) in [6.07, 6.45) is -1.71. The Kier molecular flexibility index (Phi) is 6.55. The highest BCUT2D eigenvalue weighted by molar-refractivity contribution is 9.10. The molecule has 1 aliphatic heterocycles. The number of benzene rings is 2. The summed E-state index contributed by atoms with van der Waals surface area (Å²) < 4.78 is 59.6. The lowest BCUT2D eigenvalue weighted by Crippen LogP contribution is -2.45. The normalized spacial score (nSPS) is 19.9. The zero-order valence-electron chi connectivity index (χ0n) is 15.4. The average molecular weight is 489 g/mol. The van der Waals surface area contributed by atoms with E-state index in [2.05, 4.69) is 21.2 Å². The molecule has 0 spiro atoms. The van der Waals surface area contributed by atoms with E-state index in [0.717, 1.165) is 38.6 Å². The maximum absolute atomic E-state index is 14.0. The topological polar surface area (TPSA) is 75.7 Å². The first-order valence-electron chi connectivity index (χ1n) is 8.73. The van der Waals surface area contributed by atoms with Crippen LogP contribution < -0.4 is 10.1 Å². The van der Waals surface area contributed by atoms with Gasteiger partial charge in [0.25, 0.3) is 0 Å². The largest absolute Gasteiger partial charge is 0.497 e. The fraction of sp³-hybridized carbons (Fsp3) is 0.316. The molecule has 1 N–H and O–H groups in total. The molecule has 2 aromatic rings. The molecule has 156 valence electrons. The number of nitrogens with zero attached hydrogens (tertiary/aromatic N) is 1. The van der Waals surface area contributed by atoms with Crippen LogP contribution in [0.15, 0.2) is 51.8 Å². The van der Waals surface area contributed by atoms with Crippen molar-refractivity contribution in [1.29, 1.82) is 0 Å². The predicted molar refractivity (Wildman–Crippen MR) is 106 cm³/mol. The number of carbonyl (C=O) groups excluding carboxylic acids is 1. The van der Waals surface area contributed by atoms with Crippen LogP contribution in [0.2, 0.25) is 0 Å². The molecule has 0 saturated carbocycles. The third-order valence-electron chi connectivity index (χ3n) is 4.56. The monoisotopic (exact) mass is 488 g/mol. The molecule has 1 saturated heterocycles. The first-order chi connectivity index (χ1) is 13.7. The van der Waals surface area contributed by atoms with E-state index < -0.39 is 40.5 Å². The summed E-state index contributed by atoms with van der Waals surface area (Å²) in [6, 6.07) is 8.28. The number of carbonyl (C=O) groups is 1. The lowest BCUT2D eigenvalue weighted by atomic mass is 10.2. The number of rotatable bonds is 6. The molecule has 1 heterocycles. The van der Waals surface area contributed by atoms with Crippen LogP contribution in [-0.2, 0) is 21.4 Å². The zero-order valence-corrected chi connectivity index (χ0v) is 17.8. The maximum atomic E-state index is 14.0. The first kappa shape index (κ1) is 21.7. The van der Waals surface area contributed by atoms with E-state index in [1.165, 1.54) is 7.11 Å². The highest BCUT2D eigenvalue weighted by Gasteiger charge is 2.44. The zero-order chi connectivity index (χ0) is 21.2. The van der Waals surface area contributed by atoms with E-state index in [9.17, 15) is 22.0 Å². The van der Waals surface area contributed by atoms with Crippen LogP contribution in [0.4, 0.5) is 8.78 Å². The molecular weight excluding hydrogens is 470 g/mol. The number of amides is 1. The van der Waals surface area contributed by atoms with Gasteiger partial charge in [0.1, 0.15) is 23.8 Å². The SMILES string of the molecule is COc1cc(Br)cc(CNC(=O)C2CC(F)CN2S(=O)(=O)c2ccc(F)cc2)c1. The Morgan fingerprint density at radius 3 is 2.62 bits per heavy atom. The summed E-state index contributed by atoms with van der Waals surface area (Å²) in [5.41, 5.74) is 0.729. The number of halogens is 3. The summed E-state index contributed by atoms with van der Waals surface area (Å²) in [7, 11) is -2.63. The summed E-state index contributed by atoms with van der Waals surface area (Å²) in [5, 5.41) is 2.65. The highest BCUT2D eigenvalue weighted by Crippen LogP contribution is 2.28. The fourth-order valence-electron chi connectivity index (χ4n) is 3.15. The summed E-state index contributed by atoms with van der Waals surface area (Å²) in [5.74, 6) is -0.601. The van der Waals surface area contributed by atoms with E-state index in [0.29, 0.717) is 5.75 Å². The van der Waals surface area contributed by atoms with Gasteiger partial charge in [-0.1, -0.05) is 15.9 Å². The second kappa shape index (κ2) is 8.76. The van der Waals surface area contributed by atoms with Crippen LogP contribution in [0, 0.1) is 5.82 Å². The van der Waals surface area contributed by atoms with Crippen molar-refractivity contribution in [3.63, 3.8) is 0 Å². The maximum Gasteiger partial charge on any atom is 0.243 e. The molecule has 1 amide bonds. The van der Waals surface area contributed by atoms with Gasteiger partial charge in [-0.2, -0.15) is 4.31 Å². The minimum absolute atomic E-state index is 0.118. The van der Waals surface area contributed by atoms with Gasteiger partial charge >= 0.3 is 0 Å². The number of methoxy groups -OCH3 is 1. The number of ether oxygens (including phenoxy) is 1. The minimum Gasteiger partial charge on any atom is -0.497 e. The van der Waals surface area contributed by atoms with Crippen LogP contribution in [-0.4, -0.2) is 44.5 Å². The van der Waals surface area contributed by atoms with Gasteiger partial charge in [-0.15, -0.1) is 0 Å². The van der Waals surface area contributed by atoms with E-state index in [4.69, 9.17) is 4.74 Å². The van der Waals surface area contributed by atoms with Crippen LogP contribution in [0.3, 0.4) is 0 Å². The quantitative estimate of drug-likeness (QED) is 0.677. The Labute approximate surface area is 176 Å². The van der Waals surface area contributed by atoms with E-state index >= 15 is 0 Å². The first-order valence-corrected chi connectivity index (χ1v) is 11.0. The van der Waals surface area contributed by atoms with Gasteiger partial charge in [0.05, 0.1) is 12.0 Å². The minimum atomic E-state index is -4.14. The molecule has 0 radical (unpaired) electrons. The van der Waals surface area contributed by atoms with Gasteiger partial charge in [0.2, 0.25) is 15.9 Å². The summed E-state index contributed by atoms with van der Waals surface area (Å²) in [4.78, 5) is 12.5. The smallest absolute Gasteiger partial charge is 0.243 e. The number of hydrogen-bond donors (Lipinski definition) is 1. The van der Waals surface area contributed by atoms with Crippen molar-refractivity contribution in [3.8, 4) is 5.75 Å². The van der Waals surface area contributed by atoms with Crippen molar-refractivity contribution >= 4 is 31.9 Å². The molecule has 2 unspecified atom stereocenters. The van der Waals surface area contributed by atoms with Crippen molar-refractivity contribution < 1.29 is 26.7 Å². The number of sulfonamides is 1. The standard InChI is InChI=1S/C19H19BrF2N2O4S/c1-28-16-7-12(6-13(20)8-16)10-23-19(25)18-9-15(22)11-24(18)29(26,27)17-4-2-14(21)3-5-17/h2-8,15,18H,9-11H2,1H3,(H,23,25). The Hall–Kier alpha value is -2.04. The lowest BCUT2D eigenvalue weighted by Gasteiger charge is -2.23. The predicted octanol–water partition coefficient (Wildman–Crippen LogP) is 3.01. The third-order valence-corrected chi connectivity index (χ3v) is 6.91. The number of alkyl halides is 1. The lowest BCUT2D eigenvalue weighted by molar-refractivity contribution is -0.124. The van der Waals surface area contributed by atoms with Gasteiger partial charge in [-0.05, 0) is 48.0 Å². The van der Waals surface area contributed by atoms with E-state index in [1.807, 2.05) is 0 Å². The molecule has 1 aliphatic rings. The summed E-state index contributed by atoms with van der Waals surface area (Å²) in [6.45, 7) is -0.310. The second-order valence-electron chi connectivity index (χ2n) is 6.59. The molecule has 6 nitrogen and oxygen atoms in total. The van der Waals surface area contributed by atoms with Gasteiger partial charge in [-0.3, -0.25) is 4.79 Å². The van der Waals surface area contributed by atoms with Crippen LogP contribution in [0.5, 0.6) is 5.75 Å². The van der Waals surface area contributed by atoms with Gasteiger partial charge < -0.3 is 10.1 Å². The third kappa shape index (κ3) is 4.93. The van der Waals surface area contributed by atoms with Crippen LogP contribution in [0.1, 0.15) is 12.0 Å². The molecule has 3 rings (SSSR count). The van der Waals surface area contributed by atoms with Crippen molar-refractivity contribution in [2.45, 2.75) is 30.1 Å². The van der Waals surface area contributed by atoms with Crippen LogP contribution in [0.25, 0.3) is 0 Å². The van der Waals surface area contributed by atoms with Crippen molar-refractivity contribution in [2.24, 2.45) is 0 Å². The molecular formula is C19H19BrF2N2O4S. The molecule has 0 bridgehead atoms. The molecule has 1 fully saturated rings. The molecule has 0 aliphatic carbocycles. The van der Waals surface area contributed by atoms with Crippen LogP contribution >= 0.6 is 15.9 Å². The molecule has 10 heteroatoms. The Balaban J connectivity index is 1.76. The van der Waals surface area contributed by atoms with Gasteiger partial charge in [0.15, 0.2) is 0 Å². The van der Waals surface area contributed by atoms with Crippen molar-refractivity contribution in [1.82, 2.24) is 9.62 Å². The molecule has 2 atom stereocenters.